The predicted octanol–water partition coefficient (Wildman–Crippen LogP) is 9.65. The van der Waals surface area contributed by atoms with Crippen molar-refractivity contribution < 1.29 is 27.0 Å². The summed E-state index contributed by atoms with van der Waals surface area (Å²) in [6.07, 6.45) is 0.115. The van der Waals surface area contributed by atoms with Crippen molar-refractivity contribution in [2.45, 2.75) is 56.2 Å². The Morgan fingerprint density at radius 1 is 0.905 bits per heavy atom. The third-order valence-corrected chi connectivity index (χ3v) is 13.1. The number of halogens is 5. The lowest BCUT2D eigenvalue weighted by Crippen LogP contribution is -2.43. The van der Waals surface area contributed by atoms with Gasteiger partial charge in [-0.2, -0.15) is 28.2 Å². The summed E-state index contributed by atoms with van der Waals surface area (Å²) in [6.45, 7) is 3.30. The minimum atomic E-state index is -4.78. The molecule has 0 aliphatic carbocycles. The van der Waals surface area contributed by atoms with E-state index in [0.29, 0.717) is 37.3 Å². The van der Waals surface area contributed by atoms with Crippen molar-refractivity contribution in [1.82, 2.24) is 29.6 Å². The zero-order chi connectivity index (χ0) is 43.5. The number of benzene rings is 4. The molecule has 0 unspecified atom stereocenters. The lowest BCUT2D eigenvalue weighted by molar-refractivity contribution is -0.137. The Hall–Kier alpha value is -6.25. The molecule has 3 aliphatic heterocycles. The molecule has 0 amide bonds. The number of nitrogen functional groups attached to an aromatic ring is 1. The van der Waals surface area contributed by atoms with Crippen LogP contribution in [0.25, 0.3) is 22.2 Å². The standard InChI is InChI=1S/C48H43ClF4N8O2/c1-30-22-38(54)57-42(40(30)48(51,52)53)36-23-37-39-43(41(36)49)62-21-20-59(44(39)58-45(56-37)63-29-46-18-11-19-60(46)28-35(50)24-46)26-31-25-55-61(27-31)47(32-12-5-2-6-13-32,33-14-7-3-8-15-33)34-16-9-4-10-17-34/h2-10,12-17,22-23,25,27,35H,11,18-21,24,26,28-29H2,1H3,(H2,54,57)/t35-,46+/m1/s1. The summed E-state index contributed by atoms with van der Waals surface area (Å²) < 4.78 is 73.7. The monoisotopic (exact) mass is 874 g/mol. The Bertz CT molecular complexity index is 2720. The molecule has 4 aromatic carbocycles. The summed E-state index contributed by atoms with van der Waals surface area (Å²) in [6, 6.07) is 33.3. The fraction of sp³-hybridized carbons (Fsp3) is 0.292. The molecular formula is C48H43ClF4N8O2. The van der Waals surface area contributed by atoms with Gasteiger partial charge in [0.15, 0.2) is 5.75 Å². The van der Waals surface area contributed by atoms with Crippen LogP contribution in [0, 0.1) is 6.92 Å². The van der Waals surface area contributed by atoms with Crippen LogP contribution in [0.5, 0.6) is 11.8 Å². The fourth-order valence-electron chi connectivity index (χ4n) is 10.00. The van der Waals surface area contributed by atoms with Gasteiger partial charge in [0, 0.05) is 36.8 Å². The number of aryl methyl sites for hydroxylation is 1. The number of aromatic nitrogens is 5. The Labute approximate surface area is 366 Å². The molecule has 15 heteroatoms. The number of hydrogen-bond acceptors (Lipinski definition) is 9. The first-order chi connectivity index (χ1) is 30.4. The maximum absolute atomic E-state index is 14.8. The molecule has 3 aliphatic rings. The number of rotatable bonds is 10. The molecule has 6 heterocycles. The average molecular weight is 875 g/mol. The van der Waals surface area contributed by atoms with Crippen LogP contribution < -0.4 is 20.1 Å². The maximum atomic E-state index is 14.8. The molecule has 2 saturated heterocycles. The van der Waals surface area contributed by atoms with Gasteiger partial charge in [0.2, 0.25) is 0 Å². The summed E-state index contributed by atoms with van der Waals surface area (Å²) in [5.74, 6) is 0.427. The molecule has 2 fully saturated rings. The van der Waals surface area contributed by atoms with Gasteiger partial charge in [0.05, 0.1) is 45.5 Å². The highest BCUT2D eigenvalue weighted by Crippen LogP contribution is 2.49. The summed E-state index contributed by atoms with van der Waals surface area (Å²) in [5.41, 5.74) is 7.24. The summed E-state index contributed by atoms with van der Waals surface area (Å²) in [4.78, 5) is 18.1. The van der Waals surface area contributed by atoms with Gasteiger partial charge in [-0.15, -0.1) is 0 Å². The Kier molecular flexibility index (Phi) is 10.3. The number of alkyl halides is 4. The lowest BCUT2D eigenvalue weighted by atomic mass is 9.77. The summed E-state index contributed by atoms with van der Waals surface area (Å²) >= 11 is 7.09. The minimum absolute atomic E-state index is 0.00754. The van der Waals surface area contributed by atoms with Gasteiger partial charge >= 0.3 is 12.2 Å². The van der Waals surface area contributed by atoms with E-state index < -0.39 is 34.7 Å². The van der Waals surface area contributed by atoms with Gasteiger partial charge in [0.1, 0.15) is 36.6 Å². The second kappa shape index (κ2) is 15.8. The van der Waals surface area contributed by atoms with E-state index in [1.807, 2.05) is 76.6 Å². The summed E-state index contributed by atoms with van der Waals surface area (Å²) in [5, 5.41) is 5.37. The molecule has 63 heavy (non-hydrogen) atoms. The Morgan fingerprint density at radius 2 is 1.57 bits per heavy atom. The maximum Gasteiger partial charge on any atom is 0.418 e. The number of hydrogen-bond donors (Lipinski definition) is 1. The highest BCUT2D eigenvalue weighted by Gasteiger charge is 2.49. The predicted molar refractivity (Wildman–Crippen MR) is 234 cm³/mol. The van der Waals surface area contributed by atoms with Crippen molar-refractivity contribution in [1.29, 1.82) is 0 Å². The van der Waals surface area contributed by atoms with Gasteiger partial charge in [-0.25, -0.2) is 9.37 Å². The lowest BCUT2D eigenvalue weighted by Gasteiger charge is -2.36. The van der Waals surface area contributed by atoms with Crippen molar-refractivity contribution in [3.05, 3.63) is 154 Å². The molecule has 10 nitrogen and oxygen atoms in total. The van der Waals surface area contributed by atoms with Gasteiger partial charge in [0.25, 0.3) is 0 Å². The minimum Gasteiger partial charge on any atom is -0.489 e. The van der Waals surface area contributed by atoms with Crippen LogP contribution in [0.1, 0.15) is 52.6 Å². The quantitative estimate of drug-likeness (QED) is 0.106. The van der Waals surface area contributed by atoms with Gasteiger partial charge in [-0.3, -0.25) is 9.58 Å². The highest BCUT2D eigenvalue weighted by molar-refractivity contribution is 6.36. The van der Waals surface area contributed by atoms with Crippen LogP contribution in [0.15, 0.2) is 116 Å². The molecule has 3 aromatic heterocycles. The third-order valence-electron chi connectivity index (χ3n) is 12.7. The number of anilines is 2. The molecule has 0 saturated carbocycles. The smallest absolute Gasteiger partial charge is 0.418 e. The zero-order valence-electron chi connectivity index (χ0n) is 34.3. The van der Waals surface area contributed by atoms with E-state index in [1.54, 1.807) is 0 Å². The van der Waals surface area contributed by atoms with Crippen molar-refractivity contribution in [3.63, 3.8) is 0 Å². The number of fused-ring (bicyclic) bond motifs is 1. The molecule has 2 atom stereocenters. The first-order valence-corrected chi connectivity index (χ1v) is 21.3. The van der Waals surface area contributed by atoms with Crippen LogP contribution in [0.3, 0.4) is 0 Å². The normalized spacial score (nSPS) is 19.0. The molecule has 10 rings (SSSR count). The largest absolute Gasteiger partial charge is 0.489 e. The van der Waals surface area contributed by atoms with E-state index in [0.717, 1.165) is 41.6 Å². The Balaban J connectivity index is 1.11. The topological polar surface area (TPSA) is 107 Å². The van der Waals surface area contributed by atoms with Crippen LogP contribution in [0.4, 0.5) is 29.2 Å². The highest BCUT2D eigenvalue weighted by atomic mass is 35.5. The van der Waals surface area contributed by atoms with Gasteiger partial charge < -0.3 is 20.1 Å². The molecule has 0 bridgehead atoms. The van der Waals surface area contributed by atoms with E-state index in [1.165, 1.54) is 19.1 Å². The van der Waals surface area contributed by atoms with E-state index in [4.69, 9.17) is 41.9 Å². The second-order valence-corrected chi connectivity index (χ2v) is 17.0. The molecule has 322 valence electrons. The molecule has 7 aromatic rings. The zero-order valence-corrected chi connectivity index (χ0v) is 35.1. The van der Waals surface area contributed by atoms with Crippen LogP contribution >= 0.6 is 11.6 Å². The number of ether oxygens (including phenoxy) is 2. The van der Waals surface area contributed by atoms with E-state index >= 15 is 0 Å². The van der Waals surface area contributed by atoms with Gasteiger partial charge in [-0.1, -0.05) is 103 Å². The van der Waals surface area contributed by atoms with E-state index in [-0.39, 0.29) is 52.5 Å². The van der Waals surface area contributed by atoms with Crippen molar-refractivity contribution >= 4 is 34.1 Å². The van der Waals surface area contributed by atoms with Crippen LogP contribution in [-0.2, 0) is 18.3 Å². The number of nitrogens with zero attached hydrogens (tertiary/aromatic N) is 7. The molecule has 2 N–H and O–H groups in total. The molecular weight excluding hydrogens is 832 g/mol. The van der Waals surface area contributed by atoms with Crippen LogP contribution in [-0.4, -0.2) is 74.2 Å². The third kappa shape index (κ3) is 7.09. The number of pyridine rings is 1. The SMILES string of the molecule is Cc1cc(N)nc(-c2cc3nc(OC[C@@]45CCCN4C[C@H](F)C5)nc4c3c(c2Cl)OCCN4Cc2cnn(C(c3ccccc3)(c3ccccc3)c3ccccc3)c2)c1C(F)(F)F. The second-order valence-electron chi connectivity index (χ2n) is 16.6. The van der Waals surface area contributed by atoms with Crippen molar-refractivity contribution in [2.24, 2.45) is 0 Å². The summed E-state index contributed by atoms with van der Waals surface area (Å²) in [7, 11) is 0. The van der Waals surface area contributed by atoms with E-state index in [9.17, 15) is 17.6 Å². The van der Waals surface area contributed by atoms with Crippen molar-refractivity contribution in [2.75, 3.05) is 43.5 Å². The number of nitrogens with two attached hydrogens (primary N) is 1. The average Bonchev–Trinajstić information content (AvgIpc) is 3.94. The fourth-order valence-corrected chi connectivity index (χ4v) is 10.3. The Morgan fingerprint density at radius 3 is 2.22 bits per heavy atom. The first kappa shape index (κ1) is 40.8. The molecule has 0 spiro atoms. The van der Waals surface area contributed by atoms with Crippen molar-refractivity contribution in [3.8, 4) is 23.0 Å². The van der Waals surface area contributed by atoms with Crippen LogP contribution in [0.2, 0.25) is 5.02 Å². The van der Waals surface area contributed by atoms with Gasteiger partial charge in [-0.05, 0) is 60.7 Å². The molecule has 0 radical (unpaired) electrons. The first-order valence-electron chi connectivity index (χ1n) is 20.9. The van der Waals surface area contributed by atoms with E-state index in [2.05, 4.69) is 46.3 Å².